The summed E-state index contributed by atoms with van der Waals surface area (Å²) in [5.74, 6) is -0.496. The maximum Gasteiger partial charge on any atom is 0.426 e. The van der Waals surface area contributed by atoms with Crippen molar-refractivity contribution in [1.29, 1.82) is 0 Å². The lowest BCUT2D eigenvalue weighted by molar-refractivity contribution is 0.0966. The van der Waals surface area contributed by atoms with Gasteiger partial charge in [0, 0.05) is 5.56 Å². The van der Waals surface area contributed by atoms with E-state index in [-0.39, 0.29) is 11.3 Å². The number of halogens is 2. The molecule has 0 aromatic heterocycles. The second kappa shape index (κ2) is 7.66. The van der Waals surface area contributed by atoms with Crippen molar-refractivity contribution in [2.45, 2.75) is 0 Å². The van der Waals surface area contributed by atoms with Gasteiger partial charge >= 0.3 is 7.60 Å². The minimum atomic E-state index is -4.47. The molecule has 1 unspecified atom stereocenters. The van der Waals surface area contributed by atoms with Crippen LogP contribution in [0.15, 0.2) is 70.6 Å². The summed E-state index contributed by atoms with van der Waals surface area (Å²) in [6, 6.07) is 16.1. The number of amides is 1. The van der Waals surface area contributed by atoms with Gasteiger partial charge in [0.15, 0.2) is 5.44 Å². The fourth-order valence-corrected chi connectivity index (χ4v) is 3.35. The van der Waals surface area contributed by atoms with E-state index in [4.69, 9.17) is 27.7 Å². The summed E-state index contributed by atoms with van der Waals surface area (Å²) in [4.78, 5) is 22.2. The number of carbonyl (C=O) groups is 1. The standard InChI is InChI=1S/C15H12Cl2NO4P/c16-13(17)15(18-14(19)11-7-3-1-4-8-11)23(20,21)22-12-9-5-2-6-10-12/h1-10H,(H,18,19)(H,20,21). The molecule has 0 heterocycles. The fraction of sp³-hybridized carbons (Fsp3) is 0. The predicted molar refractivity (Wildman–Crippen MR) is 89.5 cm³/mol. The van der Waals surface area contributed by atoms with Crippen molar-refractivity contribution in [2.75, 3.05) is 0 Å². The lowest BCUT2D eigenvalue weighted by Gasteiger charge is -2.17. The molecule has 5 nitrogen and oxygen atoms in total. The normalized spacial score (nSPS) is 12.8. The van der Waals surface area contributed by atoms with Crippen LogP contribution in [0.5, 0.6) is 5.75 Å². The second-order valence-electron chi connectivity index (χ2n) is 4.35. The van der Waals surface area contributed by atoms with Crippen molar-refractivity contribution in [2.24, 2.45) is 0 Å². The van der Waals surface area contributed by atoms with E-state index in [0.717, 1.165) is 0 Å². The minimum Gasteiger partial charge on any atom is -0.420 e. The van der Waals surface area contributed by atoms with Crippen LogP contribution in [0.4, 0.5) is 0 Å². The number of hydrogen-bond donors (Lipinski definition) is 2. The van der Waals surface area contributed by atoms with Gasteiger partial charge in [-0.1, -0.05) is 59.6 Å². The van der Waals surface area contributed by atoms with Crippen molar-refractivity contribution in [3.63, 3.8) is 0 Å². The van der Waals surface area contributed by atoms with Gasteiger partial charge < -0.3 is 14.7 Å². The highest BCUT2D eigenvalue weighted by Crippen LogP contribution is 2.51. The third-order valence-electron chi connectivity index (χ3n) is 2.70. The Balaban J connectivity index is 2.23. The SMILES string of the molecule is O=C(NC(=C(Cl)Cl)P(=O)(O)Oc1ccccc1)c1ccccc1. The average molecular weight is 372 g/mol. The van der Waals surface area contributed by atoms with Crippen LogP contribution in [0.1, 0.15) is 10.4 Å². The number of para-hydroxylation sites is 1. The summed E-state index contributed by atoms with van der Waals surface area (Å²) >= 11 is 11.3. The molecule has 0 saturated heterocycles. The topological polar surface area (TPSA) is 75.6 Å². The molecule has 0 aliphatic heterocycles. The molecule has 2 aromatic rings. The first-order chi connectivity index (χ1) is 10.9. The van der Waals surface area contributed by atoms with E-state index in [1.165, 1.54) is 24.3 Å². The third-order valence-corrected chi connectivity index (χ3v) is 4.70. The zero-order valence-corrected chi connectivity index (χ0v) is 14.1. The van der Waals surface area contributed by atoms with Gasteiger partial charge in [0.2, 0.25) is 0 Å². The summed E-state index contributed by atoms with van der Waals surface area (Å²) in [5, 5.41) is 2.23. The number of rotatable bonds is 5. The molecule has 2 rings (SSSR count). The zero-order valence-electron chi connectivity index (χ0n) is 11.6. The Bertz CT molecular complexity index is 762. The molecular weight excluding hydrogens is 360 g/mol. The summed E-state index contributed by atoms with van der Waals surface area (Å²) < 4.78 is 16.9. The first-order valence-electron chi connectivity index (χ1n) is 6.40. The van der Waals surface area contributed by atoms with E-state index in [1.807, 2.05) is 0 Å². The molecular formula is C15H12Cl2NO4P. The Morgan fingerprint density at radius 3 is 2.04 bits per heavy atom. The van der Waals surface area contributed by atoms with Crippen molar-refractivity contribution < 1.29 is 18.8 Å². The predicted octanol–water partition coefficient (Wildman–Crippen LogP) is 4.29. The van der Waals surface area contributed by atoms with Crippen LogP contribution in [0, 0.1) is 0 Å². The Morgan fingerprint density at radius 1 is 1.00 bits per heavy atom. The molecule has 0 aliphatic rings. The summed E-state index contributed by atoms with van der Waals surface area (Å²) in [6.07, 6.45) is 0. The smallest absolute Gasteiger partial charge is 0.420 e. The highest BCUT2D eigenvalue weighted by atomic mass is 35.5. The highest BCUT2D eigenvalue weighted by molar-refractivity contribution is 7.58. The quantitative estimate of drug-likeness (QED) is 0.768. The van der Waals surface area contributed by atoms with Gasteiger partial charge in [-0.15, -0.1) is 0 Å². The minimum absolute atomic E-state index is 0.138. The number of benzene rings is 2. The van der Waals surface area contributed by atoms with Gasteiger partial charge in [-0.2, -0.15) is 0 Å². The Hall–Kier alpha value is -1.78. The molecule has 0 saturated carbocycles. The van der Waals surface area contributed by atoms with Crippen molar-refractivity contribution in [3.8, 4) is 5.75 Å². The van der Waals surface area contributed by atoms with Gasteiger partial charge in [0.05, 0.1) is 0 Å². The van der Waals surface area contributed by atoms with Gasteiger partial charge in [-0.05, 0) is 24.3 Å². The van der Waals surface area contributed by atoms with Crippen LogP contribution in [-0.4, -0.2) is 10.8 Å². The van der Waals surface area contributed by atoms with E-state index in [0.29, 0.717) is 0 Å². The molecule has 0 fully saturated rings. The number of nitrogens with one attached hydrogen (secondary N) is 1. The van der Waals surface area contributed by atoms with Gasteiger partial charge in [0.25, 0.3) is 5.91 Å². The van der Waals surface area contributed by atoms with Crippen LogP contribution < -0.4 is 9.84 Å². The molecule has 23 heavy (non-hydrogen) atoms. The number of hydrogen-bond acceptors (Lipinski definition) is 3. The van der Waals surface area contributed by atoms with Crippen LogP contribution in [-0.2, 0) is 4.57 Å². The maximum atomic E-state index is 12.4. The number of carbonyl (C=O) groups excluding carboxylic acids is 1. The molecule has 1 amide bonds. The average Bonchev–Trinajstić information content (AvgIpc) is 2.53. The molecule has 0 bridgehead atoms. The fourth-order valence-electron chi connectivity index (χ4n) is 1.66. The Kier molecular flexibility index (Phi) is 5.85. The van der Waals surface area contributed by atoms with E-state index in [2.05, 4.69) is 5.32 Å². The highest BCUT2D eigenvalue weighted by Gasteiger charge is 2.32. The van der Waals surface area contributed by atoms with Crippen molar-refractivity contribution >= 4 is 36.7 Å². The Labute approximate surface area is 143 Å². The second-order valence-corrected chi connectivity index (χ2v) is 6.97. The lowest BCUT2D eigenvalue weighted by atomic mass is 10.2. The van der Waals surface area contributed by atoms with Crippen molar-refractivity contribution in [1.82, 2.24) is 5.32 Å². The Morgan fingerprint density at radius 2 is 1.52 bits per heavy atom. The molecule has 0 aliphatic carbocycles. The molecule has 0 spiro atoms. The lowest BCUT2D eigenvalue weighted by Crippen LogP contribution is -2.24. The van der Waals surface area contributed by atoms with Crippen molar-refractivity contribution in [3.05, 3.63) is 76.2 Å². The van der Waals surface area contributed by atoms with Crippen LogP contribution >= 0.6 is 30.8 Å². The first-order valence-corrected chi connectivity index (χ1v) is 8.73. The molecule has 2 N–H and O–H groups in total. The van der Waals surface area contributed by atoms with Gasteiger partial charge in [0.1, 0.15) is 10.2 Å². The van der Waals surface area contributed by atoms with E-state index >= 15 is 0 Å². The first kappa shape index (κ1) is 17.6. The third kappa shape index (κ3) is 4.85. The molecule has 2 aromatic carbocycles. The monoisotopic (exact) mass is 371 g/mol. The van der Waals surface area contributed by atoms with Gasteiger partial charge in [-0.3, -0.25) is 4.79 Å². The van der Waals surface area contributed by atoms with E-state index in [1.54, 1.807) is 36.4 Å². The molecule has 1 atom stereocenters. The summed E-state index contributed by atoms with van der Waals surface area (Å²) in [6.45, 7) is 0. The van der Waals surface area contributed by atoms with E-state index in [9.17, 15) is 14.3 Å². The largest absolute Gasteiger partial charge is 0.426 e. The molecule has 120 valence electrons. The van der Waals surface area contributed by atoms with E-state index < -0.39 is 23.4 Å². The maximum absolute atomic E-state index is 12.4. The summed E-state index contributed by atoms with van der Waals surface area (Å²) in [7, 11) is -4.47. The summed E-state index contributed by atoms with van der Waals surface area (Å²) in [5.41, 5.74) is -0.308. The molecule has 0 radical (unpaired) electrons. The van der Waals surface area contributed by atoms with Crippen LogP contribution in [0.3, 0.4) is 0 Å². The van der Waals surface area contributed by atoms with Gasteiger partial charge in [-0.25, -0.2) is 4.57 Å². The zero-order chi connectivity index (χ0) is 16.9. The van der Waals surface area contributed by atoms with Crippen LogP contribution in [0.2, 0.25) is 0 Å². The molecule has 8 heteroatoms. The van der Waals surface area contributed by atoms with Crippen LogP contribution in [0.25, 0.3) is 0 Å².